The molecule has 4 aromatic heterocycles. The molecule has 3 N–H and O–H groups in total. The van der Waals surface area contributed by atoms with Crippen LogP contribution in [0.2, 0.25) is 0 Å². The summed E-state index contributed by atoms with van der Waals surface area (Å²) in [5.41, 5.74) is 6.77. The molecule has 0 amide bonds. The average molecular weight is 915 g/mol. The Morgan fingerprint density at radius 2 is 1.10 bits per heavy atom. The summed E-state index contributed by atoms with van der Waals surface area (Å²) in [7, 11) is -3.48. The molecule has 21 heteroatoms. The number of fused-ring (bicyclic) bond motifs is 4. The van der Waals surface area contributed by atoms with Gasteiger partial charge in [-0.05, 0) is 48.5 Å². The van der Waals surface area contributed by atoms with E-state index in [9.17, 15) is 34.4 Å². The van der Waals surface area contributed by atoms with Crippen molar-refractivity contribution < 1.29 is 34.4 Å². The topological polar surface area (TPSA) is 185 Å². The highest BCUT2D eigenvalue weighted by Crippen LogP contribution is 2.33. The van der Waals surface area contributed by atoms with Gasteiger partial charge in [0.25, 0.3) is 9.05 Å². The molecule has 0 aliphatic carbocycles. The van der Waals surface area contributed by atoms with E-state index in [1.165, 1.54) is 6.33 Å². The molecule has 14 nitrogen and oxygen atoms in total. The lowest BCUT2D eigenvalue weighted by molar-refractivity contribution is 0.424. The predicted molar refractivity (Wildman–Crippen MR) is 227 cm³/mol. The zero-order valence-corrected chi connectivity index (χ0v) is 34.7. The number of para-hydroxylation sites is 2. The summed E-state index contributed by atoms with van der Waals surface area (Å²) in [6, 6.07) is 24.1. The fourth-order valence-corrected chi connectivity index (χ4v) is 8.99. The number of hydrogen-bond acceptors (Lipinski definition) is 13. The van der Waals surface area contributed by atoms with Gasteiger partial charge in [-0.25, -0.2) is 54.3 Å². The van der Waals surface area contributed by atoms with Crippen LogP contribution in [0.15, 0.2) is 132 Å². The SMILES string of the molecule is O=S(=O)(Cl)c1ccc(F)cc1F.O=S(=O)(c1ccc(F)cc1F)N1Cc2ncnc(Nc3cnc4ccccc4c3)c2C1.c1ccc2ncc(Nc3ncnc4c3CNC4)cc2c1. The van der Waals surface area contributed by atoms with E-state index in [1.807, 2.05) is 54.7 Å². The van der Waals surface area contributed by atoms with Gasteiger partial charge >= 0.3 is 0 Å². The van der Waals surface area contributed by atoms with Crippen LogP contribution in [0.3, 0.4) is 0 Å². The number of sulfonamides is 1. The highest BCUT2D eigenvalue weighted by molar-refractivity contribution is 8.13. The highest BCUT2D eigenvalue weighted by Gasteiger charge is 2.35. The molecule has 0 atom stereocenters. The summed E-state index contributed by atoms with van der Waals surface area (Å²) < 4.78 is 100. The molecule has 2 aliphatic heterocycles. The van der Waals surface area contributed by atoms with Crippen molar-refractivity contribution >= 4 is 74.6 Å². The van der Waals surface area contributed by atoms with Crippen molar-refractivity contribution in [2.75, 3.05) is 10.6 Å². The van der Waals surface area contributed by atoms with Crippen molar-refractivity contribution in [1.29, 1.82) is 0 Å². The fourth-order valence-electron chi connectivity index (χ4n) is 6.68. The van der Waals surface area contributed by atoms with Gasteiger partial charge < -0.3 is 16.0 Å². The van der Waals surface area contributed by atoms with Gasteiger partial charge in [0.15, 0.2) is 0 Å². The summed E-state index contributed by atoms with van der Waals surface area (Å²) in [4.78, 5) is 24.6. The number of halogens is 5. The van der Waals surface area contributed by atoms with Crippen molar-refractivity contribution in [3.8, 4) is 0 Å². The largest absolute Gasteiger partial charge is 0.339 e. The monoisotopic (exact) mass is 914 g/mol. The first-order valence-corrected chi connectivity index (χ1v) is 22.4. The van der Waals surface area contributed by atoms with Crippen molar-refractivity contribution in [1.82, 2.24) is 39.5 Å². The quantitative estimate of drug-likeness (QED) is 0.103. The maximum absolute atomic E-state index is 14.1. The third-order valence-electron chi connectivity index (χ3n) is 9.70. The Kier molecular flexibility index (Phi) is 12.2. The van der Waals surface area contributed by atoms with E-state index < -0.39 is 52.1 Å². The van der Waals surface area contributed by atoms with Crippen molar-refractivity contribution in [3.05, 3.63) is 168 Å². The zero-order valence-electron chi connectivity index (χ0n) is 32.3. The minimum absolute atomic E-state index is 0.0400. The molecule has 0 spiro atoms. The molecule has 320 valence electrons. The Balaban J connectivity index is 0.000000145. The molecule has 63 heavy (non-hydrogen) atoms. The van der Waals surface area contributed by atoms with Crippen LogP contribution < -0.4 is 16.0 Å². The number of hydrogen-bond donors (Lipinski definition) is 3. The lowest BCUT2D eigenvalue weighted by Crippen LogP contribution is -2.26. The van der Waals surface area contributed by atoms with Crippen molar-refractivity contribution in [3.63, 3.8) is 0 Å². The lowest BCUT2D eigenvalue weighted by atomic mass is 10.2. The van der Waals surface area contributed by atoms with Crippen LogP contribution in [0.4, 0.5) is 40.6 Å². The van der Waals surface area contributed by atoms with E-state index in [0.717, 1.165) is 86.2 Å². The van der Waals surface area contributed by atoms with Crippen LogP contribution in [-0.2, 0) is 45.3 Å². The number of benzene rings is 4. The van der Waals surface area contributed by atoms with Crippen molar-refractivity contribution in [2.45, 2.75) is 36.0 Å². The summed E-state index contributed by atoms with van der Waals surface area (Å²) >= 11 is 0. The molecule has 8 aromatic rings. The first-order chi connectivity index (χ1) is 30.2. The van der Waals surface area contributed by atoms with E-state index in [2.05, 4.69) is 58.0 Å². The minimum Gasteiger partial charge on any atom is -0.339 e. The van der Waals surface area contributed by atoms with E-state index in [1.54, 1.807) is 12.5 Å². The lowest BCUT2D eigenvalue weighted by Gasteiger charge is -2.16. The Morgan fingerprint density at radius 1 is 0.571 bits per heavy atom. The van der Waals surface area contributed by atoms with Gasteiger partial charge in [0.1, 0.15) is 57.4 Å². The van der Waals surface area contributed by atoms with Gasteiger partial charge in [-0.1, -0.05) is 36.4 Å². The number of anilines is 4. The molecule has 0 bridgehead atoms. The molecule has 6 heterocycles. The Labute approximate surface area is 361 Å². The third kappa shape index (κ3) is 9.69. The summed E-state index contributed by atoms with van der Waals surface area (Å²) in [5, 5.41) is 11.8. The number of nitrogens with one attached hydrogen (secondary N) is 3. The van der Waals surface area contributed by atoms with Crippen LogP contribution in [-0.4, -0.2) is 51.0 Å². The molecule has 4 aromatic carbocycles. The number of rotatable bonds is 7. The Morgan fingerprint density at radius 3 is 1.65 bits per heavy atom. The molecule has 10 rings (SSSR count). The van der Waals surface area contributed by atoms with Crippen LogP contribution >= 0.6 is 10.7 Å². The van der Waals surface area contributed by atoms with Crippen LogP contribution in [0.25, 0.3) is 21.8 Å². The number of aromatic nitrogens is 6. The van der Waals surface area contributed by atoms with Gasteiger partial charge in [0.05, 0.1) is 52.7 Å². The second kappa shape index (κ2) is 17.9. The predicted octanol–water partition coefficient (Wildman–Crippen LogP) is 8.02. The Bertz CT molecular complexity index is 3260. The molecular weight excluding hydrogens is 884 g/mol. The van der Waals surface area contributed by atoms with Gasteiger partial charge in [0.2, 0.25) is 10.0 Å². The molecule has 0 saturated heterocycles. The maximum atomic E-state index is 14.1. The minimum atomic E-state index is -4.19. The van der Waals surface area contributed by atoms with Crippen LogP contribution in [0.5, 0.6) is 0 Å². The van der Waals surface area contributed by atoms with Crippen LogP contribution in [0.1, 0.15) is 22.5 Å². The van der Waals surface area contributed by atoms with Gasteiger partial charge in [0, 0.05) is 64.3 Å². The fraction of sp³-hybridized carbons (Fsp3) is 0.0952. The normalized spacial score (nSPS) is 13.3. The standard InChI is InChI=1S/C21H15F2N5O2S.C15H13N5.C6H3ClF2O2S/c22-14-5-6-20(17(23)8-14)31(29,30)28-10-16-19(11-28)25-12-26-21(16)27-15-7-13-3-1-2-4-18(13)24-9-15;1-2-4-13-10(3-1)5-11(6-17-13)20-15-12-7-16-8-14(12)18-9-19-15;7-12(10,11)6-2-1-4(8)3-5(6)9/h1-9,12H,10-11H2,(H,25,26,27);1-6,9,16H,7-8H2,(H,18,19,20);1-3H. The van der Waals surface area contributed by atoms with Crippen molar-refractivity contribution in [2.24, 2.45) is 0 Å². The molecule has 0 saturated carbocycles. The van der Waals surface area contributed by atoms with Gasteiger partial charge in [-0.15, -0.1) is 0 Å². The summed E-state index contributed by atoms with van der Waals surface area (Å²) in [6.07, 6.45) is 6.43. The summed E-state index contributed by atoms with van der Waals surface area (Å²) in [6.45, 7) is 1.53. The molecule has 2 aliphatic rings. The highest BCUT2D eigenvalue weighted by atomic mass is 35.7. The Hall–Kier alpha value is -6.71. The molecule has 0 fully saturated rings. The van der Waals surface area contributed by atoms with E-state index in [-0.39, 0.29) is 13.1 Å². The van der Waals surface area contributed by atoms with E-state index in [4.69, 9.17) is 10.7 Å². The zero-order chi connectivity index (χ0) is 44.3. The molecular formula is C42H31ClF4N10O4S2. The maximum Gasteiger partial charge on any atom is 0.264 e. The average Bonchev–Trinajstić information content (AvgIpc) is 3.93. The number of nitrogens with zero attached hydrogens (tertiary/aromatic N) is 7. The first kappa shape index (κ1) is 43.0. The molecule has 0 unspecified atom stereocenters. The number of pyridine rings is 2. The second-order valence-electron chi connectivity index (χ2n) is 13.8. The summed E-state index contributed by atoms with van der Waals surface area (Å²) in [5.74, 6) is -2.72. The second-order valence-corrected chi connectivity index (χ2v) is 18.3. The van der Waals surface area contributed by atoms with Crippen LogP contribution in [0, 0.1) is 23.3 Å². The smallest absolute Gasteiger partial charge is 0.264 e. The van der Waals surface area contributed by atoms with Gasteiger partial charge in [-0.2, -0.15) is 4.31 Å². The molecule has 0 radical (unpaired) electrons. The third-order valence-corrected chi connectivity index (χ3v) is 12.9. The first-order valence-electron chi connectivity index (χ1n) is 18.7. The van der Waals surface area contributed by atoms with E-state index in [0.29, 0.717) is 34.9 Å². The van der Waals surface area contributed by atoms with Gasteiger partial charge in [-0.3, -0.25) is 9.97 Å². The van der Waals surface area contributed by atoms with E-state index >= 15 is 0 Å².